The van der Waals surface area contributed by atoms with Crippen molar-refractivity contribution in [3.8, 4) is 0 Å². The summed E-state index contributed by atoms with van der Waals surface area (Å²) < 4.78 is 38.0. The molecule has 0 unspecified atom stereocenters. The summed E-state index contributed by atoms with van der Waals surface area (Å²) in [5, 5.41) is 2.57. The summed E-state index contributed by atoms with van der Waals surface area (Å²) in [6.07, 6.45) is 1.38. The van der Waals surface area contributed by atoms with Crippen LogP contribution in [0, 0.1) is 0 Å². The van der Waals surface area contributed by atoms with Gasteiger partial charge in [0.2, 0.25) is 10.0 Å². The number of benzene rings is 1. The molecule has 10 nitrogen and oxygen atoms in total. The van der Waals surface area contributed by atoms with Gasteiger partial charge in [-0.25, -0.2) is 17.7 Å². The van der Waals surface area contributed by atoms with Crippen LogP contribution in [0.25, 0.3) is 11.0 Å². The average Bonchev–Trinajstić information content (AvgIpc) is 3.39. The molecule has 0 spiro atoms. The first kappa shape index (κ1) is 22.5. The van der Waals surface area contributed by atoms with E-state index < -0.39 is 21.9 Å². The molecule has 0 radical (unpaired) electrons. The summed E-state index contributed by atoms with van der Waals surface area (Å²) in [6.45, 7) is 2.53. The van der Waals surface area contributed by atoms with E-state index in [1.54, 1.807) is 12.1 Å². The van der Waals surface area contributed by atoms with Crippen LogP contribution < -0.4 is 5.32 Å². The van der Waals surface area contributed by atoms with Crippen LogP contribution in [0.3, 0.4) is 0 Å². The second kappa shape index (κ2) is 9.31. The molecule has 0 fully saturated rings. The number of sulfonamides is 1. The van der Waals surface area contributed by atoms with Gasteiger partial charge in [0.25, 0.3) is 5.91 Å². The fourth-order valence-corrected chi connectivity index (χ4v) is 3.91. The number of carbonyl (C=O) groups excluding carboxylic acids is 2. The van der Waals surface area contributed by atoms with Crippen LogP contribution in [0.1, 0.15) is 29.7 Å². The SMILES string of the molecule is CCn1c(COC(=O)CCNC(=O)c2ccco2)nc2cc(S(=O)(=O)N(C)C)ccc21. The van der Waals surface area contributed by atoms with E-state index >= 15 is 0 Å². The Kier molecular flexibility index (Phi) is 6.76. The molecule has 0 bridgehead atoms. The van der Waals surface area contributed by atoms with Crippen molar-refractivity contribution in [1.82, 2.24) is 19.2 Å². The molecule has 0 aliphatic rings. The van der Waals surface area contributed by atoms with Crippen LogP contribution in [0.5, 0.6) is 0 Å². The summed E-state index contributed by atoms with van der Waals surface area (Å²) in [7, 11) is -0.652. The van der Waals surface area contributed by atoms with Gasteiger partial charge in [-0.1, -0.05) is 0 Å². The van der Waals surface area contributed by atoms with Crippen molar-refractivity contribution in [2.24, 2.45) is 0 Å². The Labute approximate surface area is 179 Å². The van der Waals surface area contributed by atoms with Gasteiger partial charge in [-0.2, -0.15) is 0 Å². The van der Waals surface area contributed by atoms with E-state index in [-0.39, 0.29) is 30.2 Å². The molecule has 3 aromatic rings. The van der Waals surface area contributed by atoms with E-state index in [9.17, 15) is 18.0 Å². The first-order valence-electron chi connectivity index (χ1n) is 9.63. The van der Waals surface area contributed by atoms with Gasteiger partial charge in [-0.05, 0) is 37.3 Å². The van der Waals surface area contributed by atoms with Crippen LogP contribution in [-0.4, -0.2) is 54.8 Å². The molecular formula is C20H24N4O6S. The molecule has 1 aromatic carbocycles. The topological polar surface area (TPSA) is 124 Å². The Balaban J connectivity index is 1.64. The zero-order valence-electron chi connectivity index (χ0n) is 17.5. The summed E-state index contributed by atoms with van der Waals surface area (Å²) in [6, 6.07) is 7.85. The molecule has 0 atom stereocenters. The first-order valence-corrected chi connectivity index (χ1v) is 11.1. The van der Waals surface area contributed by atoms with E-state index in [2.05, 4.69) is 10.3 Å². The fourth-order valence-electron chi connectivity index (χ4n) is 2.98. The number of nitrogens with zero attached hydrogens (tertiary/aromatic N) is 3. The van der Waals surface area contributed by atoms with Crippen LogP contribution in [0.4, 0.5) is 0 Å². The smallest absolute Gasteiger partial charge is 0.308 e. The number of aryl methyl sites for hydroxylation is 1. The highest BCUT2D eigenvalue weighted by Crippen LogP contribution is 2.22. The zero-order valence-corrected chi connectivity index (χ0v) is 18.3. The number of furan rings is 1. The van der Waals surface area contributed by atoms with Crippen molar-refractivity contribution in [2.75, 3.05) is 20.6 Å². The minimum Gasteiger partial charge on any atom is -0.459 e. The Morgan fingerprint density at radius 3 is 2.68 bits per heavy atom. The molecule has 0 aliphatic carbocycles. The van der Waals surface area contributed by atoms with Gasteiger partial charge in [0.1, 0.15) is 12.4 Å². The highest BCUT2D eigenvalue weighted by Gasteiger charge is 2.20. The average molecular weight is 449 g/mol. The molecule has 166 valence electrons. The number of aromatic nitrogens is 2. The number of hydrogen-bond donors (Lipinski definition) is 1. The number of rotatable bonds is 9. The molecule has 1 N–H and O–H groups in total. The second-order valence-electron chi connectivity index (χ2n) is 6.85. The van der Waals surface area contributed by atoms with Crippen molar-refractivity contribution in [3.05, 3.63) is 48.2 Å². The summed E-state index contributed by atoms with van der Waals surface area (Å²) in [5.41, 5.74) is 1.25. The van der Waals surface area contributed by atoms with E-state index in [4.69, 9.17) is 9.15 Å². The lowest BCUT2D eigenvalue weighted by Crippen LogP contribution is -2.26. The molecule has 11 heteroatoms. The number of amides is 1. The summed E-state index contributed by atoms with van der Waals surface area (Å²) >= 11 is 0. The van der Waals surface area contributed by atoms with Crippen molar-refractivity contribution in [3.63, 3.8) is 0 Å². The predicted molar refractivity (Wildman–Crippen MR) is 112 cm³/mol. The normalized spacial score (nSPS) is 11.7. The number of carbonyl (C=O) groups is 2. The molecule has 3 rings (SSSR count). The van der Waals surface area contributed by atoms with Crippen LogP contribution >= 0.6 is 0 Å². The lowest BCUT2D eigenvalue weighted by Gasteiger charge is -2.11. The molecule has 0 saturated heterocycles. The number of imidazole rings is 1. The van der Waals surface area contributed by atoms with Gasteiger partial charge < -0.3 is 19.0 Å². The van der Waals surface area contributed by atoms with Gasteiger partial charge in [0.15, 0.2) is 5.76 Å². The van der Waals surface area contributed by atoms with Crippen LogP contribution in [-0.2, 0) is 32.7 Å². The highest BCUT2D eigenvalue weighted by atomic mass is 32.2. The first-order chi connectivity index (χ1) is 14.7. The molecule has 31 heavy (non-hydrogen) atoms. The number of fused-ring (bicyclic) bond motifs is 1. The van der Waals surface area contributed by atoms with Gasteiger partial charge in [-0.15, -0.1) is 0 Å². The standard InChI is InChI=1S/C20H24N4O6S/c1-4-24-16-8-7-14(31(27,28)23(2)3)12-15(16)22-18(24)13-30-19(25)9-10-21-20(26)17-6-5-11-29-17/h5-8,11-12H,4,9-10,13H2,1-3H3,(H,21,26). The summed E-state index contributed by atoms with van der Waals surface area (Å²) in [4.78, 5) is 28.4. The van der Waals surface area contributed by atoms with Crippen molar-refractivity contribution < 1.29 is 27.2 Å². The Bertz CT molecular complexity index is 1180. The van der Waals surface area contributed by atoms with Gasteiger partial charge in [-0.3, -0.25) is 9.59 Å². The van der Waals surface area contributed by atoms with Gasteiger partial charge >= 0.3 is 5.97 Å². The maximum Gasteiger partial charge on any atom is 0.308 e. The quantitative estimate of drug-likeness (QED) is 0.495. The fraction of sp³-hybridized carbons (Fsp3) is 0.350. The number of nitrogens with one attached hydrogen (secondary N) is 1. The lowest BCUT2D eigenvalue weighted by atomic mass is 10.3. The molecule has 2 aromatic heterocycles. The summed E-state index contributed by atoms with van der Waals surface area (Å²) in [5.74, 6) is -0.232. The number of hydrogen-bond acceptors (Lipinski definition) is 7. The van der Waals surface area contributed by atoms with Crippen LogP contribution in [0.2, 0.25) is 0 Å². The molecular weight excluding hydrogens is 424 g/mol. The third-order valence-corrected chi connectivity index (χ3v) is 6.43. The monoisotopic (exact) mass is 448 g/mol. The third-order valence-electron chi connectivity index (χ3n) is 4.62. The largest absolute Gasteiger partial charge is 0.459 e. The predicted octanol–water partition coefficient (Wildman–Crippen LogP) is 1.76. The Morgan fingerprint density at radius 1 is 1.26 bits per heavy atom. The van der Waals surface area contributed by atoms with Crippen molar-refractivity contribution >= 4 is 32.9 Å². The molecule has 1 amide bonds. The minimum absolute atomic E-state index is 0.00989. The number of ether oxygens (including phenoxy) is 1. The maximum absolute atomic E-state index is 12.4. The lowest BCUT2D eigenvalue weighted by molar-refractivity contribution is -0.145. The zero-order chi connectivity index (χ0) is 22.6. The Hall–Kier alpha value is -3.18. The third kappa shape index (κ3) is 4.94. The van der Waals surface area contributed by atoms with E-state index in [0.717, 1.165) is 9.82 Å². The van der Waals surface area contributed by atoms with E-state index in [1.165, 1.54) is 38.6 Å². The van der Waals surface area contributed by atoms with Gasteiger partial charge in [0, 0.05) is 27.2 Å². The molecule has 0 saturated carbocycles. The maximum atomic E-state index is 12.4. The van der Waals surface area contributed by atoms with Gasteiger partial charge in [0.05, 0.1) is 28.6 Å². The van der Waals surface area contributed by atoms with E-state index in [1.807, 2.05) is 11.5 Å². The minimum atomic E-state index is -3.58. The van der Waals surface area contributed by atoms with Crippen molar-refractivity contribution in [1.29, 1.82) is 0 Å². The van der Waals surface area contributed by atoms with E-state index in [0.29, 0.717) is 17.9 Å². The second-order valence-corrected chi connectivity index (χ2v) is 9.01. The van der Waals surface area contributed by atoms with Crippen LogP contribution in [0.15, 0.2) is 45.9 Å². The highest BCUT2D eigenvalue weighted by molar-refractivity contribution is 7.89. The Morgan fingerprint density at radius 2 is 2.03 bits per heavy atom. The molecule has 0 aliphatic heterocycles. The number of esters is 1. The van der Waals surface area contributed by atoms with Crippen molar-refractivity contribution in [2.45, 2.75) is 31.4 Å². The molecule has 2 heterocycles.